The molecule has 6 nitrogen and oxygen atoms in total. The molecule has 0 aliphatic heterocycles. The number of rotatable bonds is 7. The zero-order valence-corrected chi connectivity index (χ0v) is 17.6. The van der Waals surface area contributed by atoms with Crippen LogP contribution in [0.3, 0.4) is 0 Å². The third-order valence-electron chi connectivity index (χ3n) is 5.40. The molecule has 0 amide bonds. The smallest absolute Gasteiger partial charge is 0.143 e. The number of aryl methyl sites for hydroxylation is 2. The van der Waals surface area contributed by atoms with Gasteiger partial charge in [0.2, 0.25) is 0 Å². The zero-order valence-electron chi connectivity index (χ0n) is 17.6. The van der Waals surface area contributed by atoms with Gasteiger partial charge in [-0.3, -0.25) is 4.68 Å². The Morgan fingerprint density at radius 1 is 1.00 bits per heavy atom. The minimum absolute atomic E-state index is 0.682. The fourth-order valence-corrected chi connectivity index (χ4v) is 3.82. The normalized spacial score (nSPS) is 11.3. The molecule has 0 radical (unpaired) electrons. The Morgan fingerprint density at radius 2 is 1.83 bits per heavy atom. The van der Waals surface area contributed by atoms with Crippen LogP contribution in [0.2, 0.25) is 0 Å². The van der Waals surface area contributed by atoms with E-state index in [-0.39, 0.29) is 0 Å². The Hall–Kier alpha value is -3.15. The first-order valence-corrected chi connectivity index (χ1v) is 10.3. The van der Waals surface area contributed by atoms with Crippen molar-refractivity contribution in [1.82, 2.24) is 24.3 Å². The predicted molar refractivity (Wildman–Crippen MR) is 118 cm³/mol. The lowest BCUT2D eigenvalue weighted by atomic mass is 10.2. The molecule has 1 aromatic carbocycles. The standard InChI is InChI=1S/C23H28N6/c1-5-27(6-2)21-12-11-18(15-24-21)23-25-20-10-8-9-17(4)22(20)29(23)16-19-13-14-28(7-3)26-19/h8-15H,5-7,16H2,1-4H3. The summed E-state index contributed by atoms with van der Waals surface area (Å²) in [6, 6.07) is 12.6. The monoisotopic (exact) mass is 388 g/mol. The molecule has 0 unspecified atom stereocenters. The molecule has 29 heavy (non-hydrogen) atoms. The average molecular weight is 389 g/mol. The molecule has 0 aliphatic carbocycles. The molecule has 0 saturated carbocycles. The molecule has 0 N–H and O–H groups in total. The van der Waals surface area contributed by atoms with Crippen LogP contribution >= 0.6 is 0 Å². The van der Waals surface area contributed by atoms with E-state index >= 15 is 0 Å². The molecule has 3 aromatic heterocycles. The molecule has 0 atom stereocenters. The van der Waals surface area contributed by atoms with E-state index in [0.29, 0.717) is 6.54 Å². The van der Waals surface area contributed by atoms with E-state index in [1.54, 1.807) is 0 Å². The van der Waals surface area contributed by atoms with Gasteiger partial charge in [0, 0.05) is 37.6 Å². The van der Waals surface area contributed by atoms with Crippen LogP contribution in [0.25, 0.3) is 22.4 Å². The van der Waals surface area contributed by atoms with Gasteiger partial charge in [-0.25, -0.2) is 9.97 Å². The first kappa shape index (κ1) is 19.2. The number of hydrogen-bond donors (Lipinski definition) is 0. The van der Waals surface area contributed by atoms with Gasteiger partial charge in [-0.1, -0.05) is 12.1 Å². The molecule has 6 heteroatoms. The van der Waals surface area contributed by atoms with Gasteiger partial charge in [0.1, 0.15) is 11.6 Å². The molecule has 4 rings (SSSR count). The summed E-state index contributed by atoms with van der Waals surface area (Å²) in [6.45, 7) is 12.0. The maximum Gasteiger partial charge on any atom is 0.143 e. The van der Waals surface area contributed by atoms with E-state index in [1.165, 1.54) is 5.56 Å². The second-order valence-electron chi connectivity index (χ2n) is 7.20. The molecule has 0 spiro atoms. The number of benzene rings is 1. The molecular formula is C23H28N6. The summed E-state index contributed by atoms with van der Waals surface area (Å²) >= 11 is 0. The fraction of sp³-hybridized carbons (Fsp3) is 0.348. The van der Waals surface area contributed by atoms with Crippen molar-refractivity contribution in [3.63, 3.8) is 0 Å². The molecule has 3 heterocycles. The van der Waals surface area contributed by atoms with Gasteiger partial charge in [-0.15, -0.1) is 0 Å². The van der Waals surface area contributed by atoms with E-state index in [1.807, 2.05) is 17.1 Å². The fourth-order valence-electron chi connectivity index (χ4n) is 3.82. The lowest BCUT2D eigenvalue weighted by molar-refractivity contribution is 0.639. The number of fused-ring (bicyclic) bond motifs is 1. The SMILES string of the molecule is CCN(CC)c1ccc(-c2nc3cccc(C)c3n2Cc2ccn(CC)n2)cn1. The molecule has 150 valence electrons. The Kier molecular flexibility index (Phi) is 5.34. The van der Waals surface area contributed by atoms with Gasteiger partial charge in [0.15, 0.2) is 0 Å². The number of hydrogen-bond acceptors (Lipinski definition) is 4. The highest BCUT2D eigenvalue weighted by Gasteiger charge is 2.16. The van der Waals surface area contributed by atoms with Gasteiger partial charge in [-0.05, 0) is 57.5 Å². The van der Waals surface area contributed by atoms with Crippen LogP contribution in [0, 0.1) is 6.92 Å². The summed E-state index contributed by atoms with van der Waals surface area (Å²) < 4.78 is 4.22. The highest BCUT2D eigenvalue weighted by atomic mass is 15.3. The summed E-state index contributed by atoms with van der Waals surface area (Å²) in [5.41, 5.74) is 5.42. The van der Waals surface area contributed by atoms with Gasteiger partial charge in [0.05, 0.1) is 23.3 Å². The average Bonchev–Trinajstić information content (AvgIpc) is 3.35. The molecule has 0 aliphatic rings. The van der Waals surface area contributed by atoms with E-state index in [9.17, 15) is 0 Å². The van der Waals surface area contributed by atoms with Crippen molar-refractivity contribution in [2.45, 2.75) is 40.8 Å². The number of imidazole rings is 1. The van der Waals surface area contributed by atoms with Crippen molar-refractivity contribution in [3.05, 3.63) is 60.0 Å². The Balaban J connectivity index is 1.80. The van der Waals surface area contributed by atoms with E-state index in [4.69, 9.17) is 9.97 Å². The van der Waals surface area contributed by atoms with E-state index < -0.39 is 0 Å². The van der Waals surface area contributed by atoms with Crippen molar-refractivity contribution in [3.8, 4) is 11.4 Å². The topological polar surface area (TPSA) is 51.8 Å². The number of nitrogens with zero attached hydrogens (tertiary/aromatic N) is 6. The Bertz CT molecular complexity index is 1100. The maximum absolute atomic E-state index is 4.96. The van der Waals surface area contributed by atoms with Crippen LogP contribution in [0.15, 0.2) is 48.8 Å². The van der Waals surface area contributed by atoms with E-state index in [2.05, 4.69) is 78.7 Å². The van der Waals surface area contributed by atoms with Crippen molar-refractivity contribution in [1.29, 1.82) is 0 Å². The second-order valence-corrected chi connectivity index (χ2v) is 7.20. The summed E-state index contributed by atoms with van der Waals surface area (Å²) in [5.74, 6) is 1.93. The second kappa shape index (κ2) is 8.07. The minimum Gasteiger partial charge on any atom is -0.357 e. The Morgan fingerprint density at radius 3 is 2.48 bits per heavy atom. The maximum atomic E-state index is 4.96. The van der Waals surface area contributed by atoms with Gasteiger partial charge < -0.3 is 9.47 Å². The number of aromatic nitrogens is 5. The Labute approximate surface area is 171 Å². The van der Waals surface area contributed by atoms with Gasteiger partial charge in [0.25, 0.3) is 0 Å². The number of para-hydroxylation sites is 1. The van der Waals surface area contributed by atoms with Crippen molar-refractivity contribution < 1.29 is 0 Å². The summed E-state index contributed by atoms with van der Waals surface area (Å²) in [7, 11) is 0. The van der Waals surface area contributed by atoms with E-state index in [0.717, 1.165) is 53.6 Å². The van der Waals surface area contributed by atoms with Crippen LogP contribution in [0.5, 0.6) is 0 Å². The number of anilines is 1. The molecule has 0 fully saturated rings. The van der Waals surface area contributed by atoms with Crippen molar-refractivity contribution >= 4 is 16.9 Å². The van der Waals surface area contributed by atoms with Crippen molar-refractivity contribution in [2.75, 3.05) is 18.0 Å². The first-order chi connectivity index (χ1) is 14.1. The largest absolute Gasteiger partial charge is 0.357 e. The van der Waals surface area contributed by atoms with Gasteiger partial charge >= 0.3 is 0 Å². The predicted octanol–water partition coefficient (Wildman–Crippen LogP) is 4.52. The third kappa shape index (κ3) is 3.62. The molecule has 4 aromatic rings. The highest BCUT2D eigenvalue weighted by molar-refractivity contribution is 5.83. The van der Waals surface area contributed by atoms with Crippen LogP contribution < -0.4 is 4.90 Å². The van der Waals surface area contributed by atoms with Gasteiger partial charge in [-0.2, -0.15) is 5.10 Å². The zero-order chi connectivity index (χ0) is 20.4. The molecular weight excluding hydrogens is 360 g/mol. The molecule has 0 saturated heterocycles. The lowest BCUT2D eigenvalue weighted by Crippen LogP contribution is -2.22. The van der Waals surface area contributed by atoms with Crippen LogP contribution in [-0.4, -0.2) is 37.4 Å². The summed E-state index contributed by atoms with van der Waals surface area (Å²) in [6.07, 6.45) is 3.97. The number of pyridine rings is 1. The van der Waals surface area contributed by atoms with Crippen LogP contribution in [-0.2, 0) is 13.1 Å². The third-order valence-corrected chi connectivity index (χ3v) is 5.40. The quantitative estimate of drug-likeness (QED) is 0.467. The lowest BCUT2D eigenvalue weighted by Gasteiger charge is -2.19. The van der Waals surface area contributed by atoms with Crippen LogP contribution in [0.4, 0.5) is 5.82 Å². The highest BCUT2D eigenvalue weighted by Crippen LogP contribution is 2.28. The van der Waals surface area contributed by atoms with Crippen LogP contribution in [0.1, 0.15) is 32.0 Å². The first-order valence-electron chi connectivity index (χ1n) is 10.3. The summed E-state index contributed by atoms with van der Waals surface area (Å²) in [5, 5.41) is 4.68. The summed E-state index contributed by atoms with van der Waals surface area (Å²) in [4.78, 5) is 11.9. The minimum atomic E-state index is 0.682. The molecule has 0 bridgehead atoms. The van der Waals surface area contributed by atoms with Crippen molar-refractivity contribution in [2.24, 2.45) is 0 Å².